The van der Waals surface area contributed by atoms with Gasteiger partial charge in [0.25, 0.3) is 0 Å². The zero-order chi connectivity index (χ0) is 41.4. The van der Waals surface area contributed by atoms with Crippen LogP contribution in [0.15, 0.2) is 36.5 Å². The normalized spacial score (nSPS) is 13.1. The second-order valence-corrected chi connectivity index (χ2v) is 17.6. The maximum absolute atomic E-state index is 12.4. The molecule has 0 saturated heterocycles. The van der Waals surface area contributed by atoms with Gasteiger partial charge in [0, 0.05) is 6.42 Å². The summed E-state index contributed by atoms with van der Waals surface area (Å²) in [4.78, 5) is 12.4. The van der Waals surface area contributed by atoms with Crippen molar-refractivity contribution in [2.24, 2.45) is 0 Å². The van der Waals surface area contributed by atoms with Crippen LogP contribution in [0.1, 0.15) is 277 Å². The Bertz CT molecular complexity index is 866. The molecule has 1 amide bonds. The van der Waals surface area contributed by atoms with Crippen molar-refractivity contribution in [3.8, 4) is 0 Å². The monoisotopic (exact) mass is 800 g/mol. The van der Waals surface area contributed by atoms with Gasteiger partial charge in [0.05, 0.1) is 18.8 Å². The van der Waals surface area contributed by atoms with E-state index in [2.05, 4.69) is 43.5 Å². The molecule has 2 unspecified atom stereocenters. The average Bonchev–Trinajstić information content (AvgIpc) is 3.22. The molecule has 0 rings (SSSR count). The van der Waals surface area contributed by atoms with Gasteiger partial charge in [-0.3, -0.25) is 4.79 Å². The summed E-state index contributed by atoms with van der Waals surface area (Å²) in [7, 11) is 0. The molecule has 0 aliphatic rings. The summed E-state index contributed by atoms with van der Waals surface area (Å²) in [5, 5.41) is 23.1. The van der Waals surface area contributed by atoms with Gasteiger partial charge in [-0.1, -0.05) is 249 Å². The highest BCUT2D eigenvalue weighted by Gasteiger charge is 2.17. The van der Waals surface area contributed by atoms with Crippen LogP contribution in [0, 0.1) is 0 Å². The lowest BCUT2D eigenvalue weighted by Gasteiger charge is -2.19. The van der Waals surface area contributed by atoms with Crippen molar-refractivity contribution in [1.29, 1.82) is 0 Å². The molecule has 57 heavy (non-hydrogen) atoms. The quantitative estimate of drug-likeness (QED) is 0.0424. The van der Waals surface area contributed by atoms with E-state index in [0.29, 0.717) is 6.42 Å². The lowest BCUT2D eigenvalue weighted by molar-refractivity contribution is -0.123. The lowest BCUT2D eigenvalue weighted by atomic mass is 10.0. The summed E-state index contributed by atoms with van der Waals surface area (Å²) < 4.78 is 0. The first-order valence-electron chi connectivity index (χ1n) is 25.7. The Morgan fingerprint density at radius 2 is 0.684 bits per heavy atom. The van der Waals surface area contributed by atoms with E-state index in [0.717, 1.165) is 32.1 Å². The van der Waals surface area contributed by atoms with Crippen molar-refractivity contribution in [2.45, 2.75) is 289 Å². The topological polar surface area (TPSA) is 69.6 Å². The van der Waals surface area contributed by atoms with Gasteiger partial charge in [-0.05, 0) is 57.8 Å². The molecule has 0 heterocycles. The first kappa shape index (κ1) is 55.6. The fraction of sp³-hybridized carbons (Fsp3) is 0.868. The van der Waals surface area contributed by atoms with Gasteiger partial charge >= 0.3 is 0 Å². The molecule has 0 saturated carbocycles. The van der Waals surface area contributed by atoms with E-state index in [1.807, 2.05) is 6.08 Å². The third-order valence-corrected chi connectivity index (χ3v) is 11.8. The van der Waals surface area contributed by atoms with E-state index in [9.17, 15) is 15.0 Å². The highest BCUT2D eigenvalue weighted by molar-refractivity contribution is 5.76. The number of amides is 1. The number of carbonyl (C=O) groups is 1. The van der Waals surface area contributed by atoms with Crippen LogP contribution in [-0.4, -0.2) is 34.9 Å². The van der Waals surface area contributed by atoms with Gasteiger partial charge in [-0.15, -0.1) is 0 Å². The molecule has 4 heteroatoms. The average molecular weight is 800 g/mol. The Hall–Kier alpha value is -1.39. The number of hydrogen-bond acceptors (Lipinski definition) is 3. The lowest BCUT2D eigenvalue weighted by Crippen LogP contribution is -2.45. The molecular weight excluding hydrogens is 699 g/mol. The molecule has 0 radical (unpaired) electrons. The van der Waals surface area contributed by atoms with E-state index in [1.54, 1.807) is 6.08 Å². The minimum atomic E-state index is -0.860. The molecule has 0 aromatic carbocycles. The van der Waals surface area contributed by atoms with Crippen LogP contribution in [0.3, 0.4) is 0 Å². The molecule has 3 N–H and O–H groups in total. The Labute approximate surface area is 357 Å². The van der Waals surface area contributed by atoms with E-state index >= 15 is 0 Å². The van der Waals surface area contributed by atoms with Crippen LogP contribution in [0.2, 0.25) is 0 Å². The number of rotatable bonds is 47. The highest BCUT2D eigenvalue weighted by Crippen LogP contribution is 2.16. The van der Waals surface area contributed by atoms with E-state index in [-0.39, 0.29) is 12.5 Å². The molecule has 0 fully saturated rings. The van der Waals surface area contributed by atoms with E-state index < -0.39 is 12.1 Å². The van der Waals surface area contributed by atoms with Crippen molar-refractivity contribution < 1.29 is 15.0 Å². The van der Waals surface area contributed by atoms with Gasteiger partial charge in [0.2, 0.25) is 5.91 Å². The maximum Gasteiger partial charge on any atom is 0.220 e. The number of unbranched alkanes of at least 4 members (excludes halogenated alkanes) is 36. The molecule has 336 valence electrons. The predicted octanol–water partition coefficient (Wildman–Crippen LogP) is 16.5. The summed E-state index contributed by atoms with van der Waals surface area (Å²) >= 11 is 0. The molecule has 0 spiro atoms. The number of hydrogen-bond donors (Lipinski definition) is 3. The highest BCUT2D eigenvalue weighted by atomic mass is 16.3. The molecular formula is C53H101NO3. The van der Waals surface area contributed by atoms with Gasteiger partial charge in [0.15, 0.2) is 0 Å². The van der Waals surface area contributed by atoms with Crippen LogP contribution < -0.4 is 5.32 Å². The summed E-state index contributed by atoms with van der Waals surface area (Å²) in [6, 6.07) is -0.637. The van der Waals surface area contributed by atoms with Gasteiger partial charge in [-0.2, -0.15) is 0 Å². The first-order valence-corrected chi connectivity index (χ1v) is 25.7. The number of aliphatic hydroxyl groups excluding tert-OH is 2. The van der Waals surface area contributed by atoms with Crippen LogP contribution >= 0.6 is 0 Å². The predicted molar refractivity (Wildman–Crippen MR) is 253 cm³/mol. The van der Waals surface area contributed by atoms with Crippen molar-refractivity contribution in [3.05, 3.63) is 36.5 Å². The largest absolute Gasteiger partial charge is 0.394 e. The molecule has 0 bridgehead atoms. The number of aliphatic hydroxyl groups is 2. The van der Waals surface area contributed by atoms with Crippen LogP contribution in [0.5, 0.6) is 0 Å². The van der Waals surface area contributed by atoms with E-state index in [1.165, 1.54) is 225 Å². The summed E-state index contributed by atoms with van der Waals surface area (Å²) in [5.74, 6) is -0.0703. The Morgan fingerprint density at radius 1 is 0.404 bits per heavy atom. The Balaban J connectivity index is 3.49. The standard InChI is InChI=1S/C53H101NO3/c1-3-5-7-9-11-13-15-17-19-21-22-23-24-25-26-27-28-29-30-31-32-33-35-37-39-41-43-45-47-49-53(57)54-51(50-55)52(56)48-46-44-42-40-38-36-34-20-18-16-14-12-10-8-6-4-2/h21-22,38,40,46,48,51-52,55-56H,3-20,23-37,39,41-45,47,49-50H2,1-2H3,(H,54,57)/b22-21-,40-38+,48-46+. The summed E-state index contributed by atoms with van der Waals surface area (Å²) in [6.07, 6.45) is 65.8. The zero-order valence-corrected chi connectivity index (χ0v) is 38.6. The molecule has 0 aliphatic carbocycles. The first-order chi connectivity index (χ1) is 28.2. The fourth-order valence-corrected chi connectivity index (χ4v) is 7.90. The fourth-order valence-electron chi connectivity index (χ4n) is 7.90. The van der Waals surface area contributed by atoms with E-state index in [4.69, 9.17) is 0 Å². The number of nitrogens with one attached hydrogen (secondary N) is 1. The van der Waals surface area contributed by atoms with Crippen molar-refractivity contribution in [1.82, 2.24) is 5.32 Å². The zero-order valence-electron chi connectivity index (χ0n) is 38.6. The second-order valence-electron chi connectivity index (χ2n) is 17.6. The molecule has 0 aromatic rings. The van der Waals surface area contributed by atoms with Crippen molar-refractivity contribution in [3.63, 3.8) is 0 Å². The Morgan fingerprint density at radius 3 is 1.02 bits per heavy atom. The molecule has 0 aliphatic heterocycles. The van der Waals surface area contributed by atoms with Crippen LogP contribution in [0.25, 0.3) is 0 Å². The summed E-state index contributed by atoms with van der Waals surface area (Å²) in [5.41, 5.74) is 0. The maximum atomic E-state index is 12.4. The number of carbonyl (C=O) groups excluding carboxylic acids is 1. The van der Waals surface area contributed by atoms with Gasteiger partial charge in [0.1, 0.15) is 0 Å². The van der Waals surface area contributed by atoms with Crippen molar-refractivity contribution >= 4 is 5.91 Å². The summed E-state index contributed by atoms with van der Waals surface area (Å²) in [6.45, 7) is 4.31. The molecule has 2 atom stereocenters. The second kappa shape index (κ2) is 49.0. The smallest absolute Gasteiger partial charge is 0.220 e. The SMILES string of the molecule is CCCCCCCCCC/C=C\CCCCCCCCCCCCCCCCCCCC(=O)NC(CO)C(O)/C=C/CC/C=C/CCCCCCCCCCCC. The third kappa shape index (κ3) is 45.5. The minimum absolute atomic E-state index is 0.0703. The van der Waals surface area contributed by atoms with Gasteiger partial charge in [-0.25, -0.2) is 0 Å². The van der Waals surface area contributed by atoms with Gasteiger partial charge < -0.3 is 15.5 Å². The van der Waals surface area contributed by atoms with Crippen molar-refractivity contribution in [2.75, 3.05) is 6.61 Å². The molecule has 4 nitrogen and oxygen atoms in total. The Kier molecular flexibility index (Phi) is 47.8. The minimum Gasteiger partial charge on any atom is -0.394 e. The van der Waals surface area contributed by atoms with Crippen LogP contribution in [0.4, 0.5) is 0 Å². The molecule has 0 aromatic heterocycles. The number of allylic oxidation sites excluding steroid dienone is 5. The van der Waals surface area contributed by atoms with Crippen LogP contribution in [-0.2, 0) is 4.79 Å². The third-order valence-electron chi connectivity index (χ3n) is 11.8.